The molecule has 0 radical (unpaired) electrons. The van der Waals surface area contributed by atoms with Crippen molar-refractivity contribution in [3.05, 3.63) is 0 Å². The van der Waals surface area contributed by atoms with Gasteiger partial charge in [-0.15, -0.1) is 0 Å². The van der Waals surface area contributed by atoms with Crippen LogP contribution in [0.4, 0.5) is 18.0 Å². The van der Waals surface area contributed by atoms with Gasteiger partial charge in [-0.05, 0) is 20.8 Å². The summed E-state index contributed by atoms with van der Waals surface area (Å²) >= 11 is 0. The normalized spacial score (nSPS) is 13.3. The fourth-order valence-electron chi connectivity index (χ4n) is 0.727. The van der Waals surface area contributed by atoms with E-state index in [1.807, 2.05) is 0 Å². The third kappa shape index (κ3) is 9.91. The van der Waals surface area contributed by atoms with Crippen LogP contribution in [0, 0.1) is 0 Å². The molecule has 102 valence electrons. The van der Waals surface area contributed by atoms with E-state index in [0.29, 0.717) is 0 Å². The van der Waals surface area contributed by atoms with Crippen molar-refractivity contribution in [2.24, 2.45) is 0 Å². The molecule has 0 fully saturated rings. The topological polar surface area (TPSA) is 72.5 Å². The Bertz CT molecular complexity index is 369. The standard InChI is InChI=1S/C8H14F3NO4S/c1-7(2,3)16-6(13)12-17(14,15)5-4-8(9,10)11/h4-5H2,1-3H3,(H,12,13). The lowest BCUT2D eigenvalue weighted by Gasteiger charge is -2.19. The number of hydrogen-bond donors (Lipinski definition) is 1. The monoisotopic (exact) mass is 277 g/mol. The van der Waals surface area contributed by atoms with Crippen LogP contribution >= 0.6 is 0 Å². The van der Waals surface area contributed by atoms with Gasteiger partial charge in [0.25, 0.3) is 0 Å². The van der Waals surface area contributed by atoms with Gasteiger partial charge >= 0.3 is 12.3 Å². The van der Waals surface area contributed by atoms with Crippen molar-refractivity contribution in [2.45, 2.75) is 39.0 Å². The van der Waals surface area contributed by atoms with E-state index in [1.54, 1.807) is 0 Å². The lowest BCUT2D eigenvalue weighted by Crippen LogP contribution is -2.38. The van der Waals surface area contributed by atoms with Gasteiger partial charge in [0.15, 0.2) is 0 Å². The zero-order chi connectivity index (χ0) is 13.9. The first kappa shape index (κ1) is 16.0. The van der Waals surface area contributed by atoms with E-state index < -0.39 is 40.1 Å². The molecule has 1 amide bonds. The second-order valence-corrected chi connectivity index (χ2v) is 6.13. The molecule has 0 spiro atoms. The van der Waals surface area contributed by atoms with Crippen LogP contribution in [0.3, 0.4) is 0 Å². The number of carbonyl (C=O) groups excluding carboxylic acids is 1. The number of rotatable bonds is 3. The molecule has 0 aromatic carbocycles. The van der Waals surface area contributed by atoms with Crippen LogP contribution < -0.4 is 4.72 Å². The summed E-state index contributed by atoms with van der Waals surface area (Å²) in [6, 6.07) is 0. The third-order valence-electron chi connectivity index (χ3n) is 1.29. The molecule has 17 heavy (non-hydrogen) atoms. The summed E-state index contributed by atoms with van der Waals surface area (Å²) < 4.78 is 63.5. The highest BCUT2D eigenvalue weighted by Gasteiger charge is 2.31. The summed E-state index contributed by atoms with van der Waals surface area (Å²) in [7, 11) is -4.33. The molecule has 0 saturated heterocycles. The average Bonchev–Trinajstić information content (AvgIpc) is 1.94. The molecule has 0 aliphatic heterocycles. The molecule has 9 heteroatoms. The average molecular weight is 277 g/mol. The van der Waals surface area contributed by atoms with Crippen molar-refractivity contribution in [2.75, 3.05) is 5.75 Å². The zero-order valence-corrected chi connectivity index (χ0v) is 10.4. The molecular formula is C8H14F3NO4S. The summed E-state index contributed by atoms with van der Waals surface area (Å²) in [6.45, 7) is 4.48. The van der Waals surface area contributed by atoms with E-state index >= 15 is 0 Å². The Morgan fingerprint density at radius 2 is 1.71 bits per heavy atom. The Morgan fingerprint density at radius 1 is 1.24 bits per heavy atom. The predicted molar refractivity (Wildman–Crippen MR) is 53.8 cm³/mol. The van der Waals surface area contributed by atoms with Gasteiger partial charge in [-0.25, -0.2) is 17.9 Å². The Labute approximate surface area is 97.4 Å². The van der Waals surface area contributed by atoms with Crippen LogP contribution in [0.15, 0.2) is 0 Å². The minimum Gasteiger partial charge on any atom is -0.443 e. The Morgan fingerprint density at radius 3 is 2.06 bits per heavy atom. The van der Waals surface area contributed by atoms with Crippen molar-refractivity contribution < 1.29 is 31.1 Å². The summed E-state index contributed by atoms with van der Waals surface area (Å²) in [5.74, 6) is -1.21. The first-order valence-corrected chi connectivity index (χ1v) is 6.26. The molecule has 0 atom stereocenters. The summed E-state index contributed by atoms with van der Waals surface area (Å²) in [5, 5.41) is 0. The molecule has 0 aliphatic carbocycles. The second-order valence-electron chi connectivity index (χ2n) is 4.29. The highest BCUT2D eigenvalue weighted by molar-refractivity contribution is 7.90. The number of sulfonamides is 1. The molecule has 0 aromatic heterocycles. The number of ether oxygens (including phenoxy) is 1. The quantitative estimate of drug-likeness (QED) is 0.853. The van der Waals surface area contributed by atoms with Crippen LogP contribution in [0.5, 0.6) is 0 Å². The van der Waals surface area contributed by atoms with Crippen LogP contribution in [0.2, 0.25) is 0 Å². The molecule has 1 N–H and O–H groups in total. The second kappa shape index (κ2) is 5.11. The van der Waals surface area contributed by atoms with Crippen molar-refractivity contribution in [1.29, 1.82) is 0 Å². The van der Waals surface area contributed by atoms with Crippen molar-refractivity contribution in [1.82, 2.24) is 4.72 Å². The van der Waals surface area contributed by atoms with Gasteiger partial charge in [-0.1, -0.05) is 0 Å². The van der Waals surface area contributed by atoms with E-state index in [-0.39, 0.29) is 0 Å². The lowest BCUT2D eigenvalue weighted by atomic mass is 10.2. The van der Waals surface area contributed by atoms with E-state index in [9.17, 15) is 26.4 Å². The predicted octanol–water partition coefficient (Wildman–Crippen LogP) is 1.79. The Hall–Kier alpha value is -0.990. The van der Waals surface area contributed by atoms with E-state index in [2.05, 4.69) is 4.74 Å². The minimum atomic E-state index is -4.59. The number of alkyl halides is 3. The van der Waals surface area contributed by atoms with Crippen LogP contribution in [0.25, 0.3) is 0 Å². The molecular weight excluding hydrogens is 263 g/mol. The SMILES string of the molecule is CC(C)(C)OC(=O)NS(=O)(=O)CCC(F)(F)F. The largest absolute Gasteiger partial charge is 0.443 e. The fraction of sp³-hybridized carbons (Fsp3) is 0.875. The van der Waals surface area contributed by atoms with E-state index in [4.69, 9.17) is 0 Å². The molecule has 0 bridgehead atoms. The number of nitrogens with one attached hydrogen (secondary N) is 1. The van der Waals surface area contributed by atoms with Gasteiger partial charge in [-0.3, -0.25) is 0 Å². The Kier molecular flexibility index (Phi) is 4.81. The molecule has 0 saturated carbocycles. The molecule has 5 nitrogen and oxygen atoms in total. The van der Waals surface area contributed by atoms with E-state index in [0.717, 1.165) is 0 Å². The van der Waals surface area contributed by atoms with Crippen LogP contribution in [0.1, 0.15) is 27.2 Å². The number of hydrogen-bond acceptors (Lipinski definition) is 4. The fourth-order valence-corrected chi connectivity index (χ4v) is 1.62. The van der Waals surface area contributed by atoms with Crippen molar-refractivity contribution in [3.63, 3.8) is 0 Å². The van der Waals surface area contributed by atoms with Crippen LogP contribution in [-0.2, 0) is 14.8 Å². The first-order valence-electron chi connectivity index (χ1n) is 4.61. The minimum absolute atomic E-state index is 0.927. The summed E-state index contributed by atoms with van der Waals surface area (Å²) in [4.78, 5) is 11.0. The number of carbonyl (C=O) groups is 1. The molecule has 0 rings (SSSR count). The van der Waals surface area contributed by atoms with Gasteiger partial charge < -0.3 is 4.74 Å². The highest BCUT2D eigenvalue weighted by Crippen LogP contribution is 2.19. The summed E-state index contributed by atoms with van der Waals surface area (Å²) in [6.07, 6.45) is -7.41. The maximum Gasteiger partial charge on any atom is 0.421 e. The van der Waals surface area contributed by atoms with Crippen molar-refractivity contribution in [3.8, 4) is 0 Å². The molecule has 0 unspecified atom stereocenters. The molecule has 0 heterocycles. The van der Waals surface area contributed by atoms with Gasteiger partial charge in [0.2, 0.25) is 10.0 Å². The number of halogens is 3. The third-order valence-corrected chi connectivity index (χ3v) is 2.51. The Balaban J connectivity index is 4.33. The van der Waals surface area contributed by atoms with Crippen LogP contribution in [-0.4, -0.2) is 32.0 Å². The first-order chi connectivity index (χ1) is 7.31. The van der Waals surface area contributed by atoms with Crippen molar-refractivity contribution >= 4 is 16.1 Å². The van der Waals surface area contributed by atoms with Gasteiger partial charge in [-0.2, -0.15) is 13.2 Å². The highest BCUT2D eigenvalue weighted by atomic mass is 32.2. The van der Waals surface area contributed by atoms with E-state index in [1.165, 1.54) is 25.5 Å². The lowest BCUT2D eigenvalue weighted by molar-refractivity contribution is -0.130. The van der Waals surface area contributed by atoms with Gasteiger partial charge in [0, 0.05) is 0 Å². The zero-order valence-electron chi connectivity index (χ0n) is 9.59. The maximum atomic E-state index is 11.8. The molecule has 0 aromatic rings. The molecule has 0 aliphatic rings. The summed E-state index contributed by atoms with van der Waals surface area (Å²) in [5.41, 5.74) is -0.927. The smallest absolute Gasteiger partial charge is 0.421 e. The maximum absolute atomic E-state index is 11.8. The number of amides is 1. The van der Waals surface area contributed by atoms with Gasteiger partial charge in [0.05, 0.1) is 12.2 Å². The van der Waals surface area contributed by atoms with Gasteiger partial charge in [0.1, 0.15) is 5.60 Å².